The second-order valence-electron chi connectivity index (χ2n) is 4.39. The molecule has 0 saturated carbocycles. The summed E-state index contributed by atoms with van der Waals surface area (Å²) in [5.74, 6) is 0.712. The van der Waals surface area contributed by atoms with Gasteiger partial charge in [0.2, 0.25) is 0 Å². The van der Waals surface area contributed by atoms with Gasteiger partial charge < -0.3 is 9.84 Å². The largest absolute Gasteiger partial charge is 0.491 e. The Kier molecular flexibility index (Phi) is 3.36. The van der Waals surface area contributed by atoms with Gasteiger partial charge in [-0.3, -0.25) is 0 Å². The molecule has 1 aliphatic heterocycles. The van der Waals surface area contributed by atoms with E-state index >= 15 is 0 Å². The van der Waals surface area contributed by atoms with E-state index in [1.165, 1.54) is 0 Å². The summed E-state index contributed by atoms with van der Waals surface area (Å²) in [4.78, 5) is 1.76. The van der Waals surface area contributed by atoms with Crippen molar-refractivity contribution in [1.82, 2.24) is 0 Å². The van der Waals surface area contributed by atoms with Crippen molar-refractivity contribution in [3.05, 3.63) is 53.6 Å². The fourth-order valence-electron chi connectivity index (χ4n) is 2.28. The number of fused-ring (bicyclic) bond motifs is 2. The van der Waals surface area contributed by atoms with E-state index in [0.717, 1.165) is 27.3 Å². The highest BCUT2D eigenvalue weighted by atomic mass is 32.2. The second kappa shape index (κ2) is 5.15. The zero-order valence-corrected chi connectivity index (χ0v) is 11.2. The molecule has 3 rings (SSSR count). The molecule has 0 spiro atoms. The summed E-state index contributed by atoms with van der Waals surface area (Å²) in [6.45, 7) is 0.268. The molecule has 0 aromatic heterocycles. The second-order valence-corrected chi connectivity index (χ2v) is 5.81. The molecule has 1 aliphatic rings. The van der Waals surface area contributed by atoms with E-state index in [9.17, 15) is 4.21 Å². The highest BCUT2D eigenvalue weighted by molar-refractivity contribution is 7.85. The normalized spacial score (nSPS) is 16.6. The molecule has 4 heteroatoms. The lowest BCUT2D eigenvalue weighted by molar-refractivity contribution is 0.201. The Labute approximate surface area is 114 Å². The summed E-state index contributed by atoms with van der Waals surface area (Å²) in [6.07, 6.45) is 0.771. The molecule has 3 nitrogen and oxygen atoms in total. The fraction of sp³-hybridized carbons (Fsp3) is 0.200. The Morgan fingerprint density at radius 2 is 1.89 bits per heavy atom. The lowest BCUT2D eigenvalue weighted by atomic mass is 10.0. The van der Waals surface area contributed by atoms with Crippen LogP contribution in [0.15, 0.2) is 52.3 Å². The molecule has 0 amide bonds. The molecule has 1 atom stereocenters. The van der Waals surface area contributed by atoms with Crippen LogP contribution in [0.5, 0.6) is 5.75 Å². The Morgan fingerprint density at radius 3 is 2.74 bits per heavy atom. The summed E-state index contributed by atoms with van der Waals surface area (Å²) in [5.41, 5.74) is 2.14. The lowest BCUT2D eigenvalue weighted by Crippen LogP contribution is -2.10. The number of ether oxygens (including phenoxy) is 1. The van der Waals surface area contributed by atoms with E-state index in [-0.39, 0.29) is 13.2 Å². The van der Waals surface area contributed by atoms with Gasteiger partial charge in [-0.2, -0.15) is 0 Å². The van der Waals surface area contributed by atoms with Crippen molar-refractivity contribution in [2.75, 3.05) is 13.2 Å². The van der Waals surface area contributed by atoms with Crippen molar-refractivity contribution in [1.29, 1.82) is 0 Å². The smallest absolute Gasteiger partial charge is 0.119 e. The predicted molar refractivity (Wildman–Crippen MR) is 72.9 cm³/mol. The van der Waals surface area contributed by atoms with Crippen LogP contribution in [0.2, 0.25) is 0 Å². The van der Waals surface area contributed by atoms with Gasteiger partial charge in [0.1, 0.15) is 12.4 Å². The van der Waals surface area contributed by atoms with E-state index in [1.54, 1.807) is 6.07 Å². The van der Waals surface area contributed by atoms with Crippen LogP contribution >= 0.6 is 0 Å². The van der Waals surface area contributed by atoms with Crippen molar-refractivity contribution in [3.63, 3.8) is 0 Å². The maximum absolute atomic E-state index is 12.5. The summed E-state index contributed by atoms with van der Waals surface area (Å²) < 4.78 is 17.9. The molecule has 19 heavy (non-hydrogen) atoms. The van der Waals surface area contributed by atoms with Crippen molar-refractivity contribution < 1.29 is 14.1 Å². The number of hydrogen-bond acceptors (Lipinski definition) is 3. The van der Waals surface area contributed by atoms with Crippen LogP contribution in [-0.2, 0) is 17.2 Å². The minimum absolute atomic E-state index is 0.00809. The highest BCUT2D eigenvalue weighted by Gasteiger charge is 2.21. The molecule has 0 aliphatic carbocycles. The highest BCUT2D eigenvalue weighted by Crippen LogP contribution is 2.33. The first-order valence-electron chi connectivity index (χ1n) is 6.16. The first-order chi connectivity index (χ1) is 9.29. The molecule has 2 aromatic carbocycles. The molecule has 0 saturated heterocycles. The molecule has 0 fully saturated rings. The molecule has 1 unspecified atom stereocenters. The predicted octanol–water partition coefficient (Wildman–Crippen LogP) is 2.13. The van der Waals surface area contributed by atoms with Crippen molar-refractivity contribution in [3.8, 4) is 5.75 Å². The lowest BCUT2D eigenvalue weighted by Gasteiger charge is -2.19. The van der Waals surface area contributed by atoms with Crippen LogP contribution in [0.1, 0.15) is 11.1 Å². The first kappa shape index (κ1) is 12.4. The van der Waals surface area contributed by atoms with Gasteiger partial charge >= 0.3 is 0 Å². The van der Waals surface area contributed by atoms with Gasteiger partial charge in [-0.05, 0) is 41.8 Å². The molecule has 2 aromatic rings. The molecule has 98 valence electrons. The maximum Gasteiger partial charge on any atom is 0.119 e. The number of aliphatic hydroxyl groups is 1. The van der Waals surface area contributed by atoms with Crippen LogP contribution in [0.25, 0.3) is 0 Å². The van der Waals surface area contributed by atoms with Crippen molar-refractivity contribution in [2.24, 2.45) is 0 Å². The van der Waals surface area contributed by atoms with Gasteiger partial charge in [0.05, 0.1) is 17.4 Å². The molecule has 1 heterocycles. The third kappa shape index (κ3) is 2.29. The zero-order chi connectivity index (χ0) is 13.2. The average molecular weight is 274 g/mol. The van der Waals surface area contributed by atoms with Crippen LogP contribution in [0.3, 0.4) is 0 Å². The summed E-state index contributed by atoms with van der Waals surface area (Å²) in [6, 6.07) is 13.4. The molecule has 0 radical (unpaired) electrons. The number of rotatable bonds is 3. The van der Waals surface area contributed by atoms with E-state index in [1.807, 2.05) is 36.4 Å². The van der Waals surface area contributed by atoms with Crippen LogP contribution in [0.4, 0.5) is 0 Å². The van der Waals surface area contributed by atoms with Gasteiger partial charge in [-0.1, -0.05) is 18.2 Å². The molecule has 0 bridgehead atoms. The van der Waals surface area contributed by atoms with Gasteiger partial charge in [-0.25, -0.2) is 4.21 Å². The average Bonchev–Trinajstić information content (AvgIpc) is 2.45. The summed E-state index contributed by atoms with van der Waals surface area (Å²) >= 11 is 0. The van der Waals surface area contributed by atoms with Crippen LogP contribution in [-0.4, -0.2) is 22.5 Å². The van der Waals surface area contributed by atoms with Gasteiger partial charge in [-0.15, -0.1) is 0 Å². The Morgan fingerprint density at radius 1 is 1.11 bits per heavy atom. The third-order valence-corrected chi connectivity index (χ3v) is 4.74. The van der Waals surface area contributed by atoms with Gasteiger partial charge in [0.15, 0.2) is 0 Å². The number of benzene rings is 2. The van der Waals surface area contributed by atoms with Gasteiger partial charge in [0.25, 0.3) is 0 Å². The molecular formula is C15H14O3S. The monoisotopic (exact) mass is 274 g/mol. The van der Waals surface area contributed by atoms with E-state index in [2.05, 4.69) is 0 Å². The Hall–Kier alpha value is -1.65. The molecular weight excluding hydrogens is 260 g/mol. The summed E-state index contributed by atoms with van der Waals surface area (Å²) in [7, 11) is -1.11. The van der Waals surface area contributed by atoms with Crippen molar-refractivity contribution in [2.45, 2.75) is 16.2 Å². The van der Waals surface area contributed by atoms with Gasteiger partial charge in [0, 0.05) is 9.79 Å². The SMILES string of the molecule is O=S1c2ccccc2Cc2cc(OCCO)ccc21. The maximum atomic E-state index is 12.5. The Balaban J connectivity index is 1.98. The minimum atomic E-state index is -1.11. The van der Waals surface area contributed by atoms with Crippen molar-refractivity contribution >= 4 is 10.8 Å². The van der Waals surface area contributed by atoms with Crippen LogP contribution < -0.4 is 4.74 Å². The standard InChI is InChI=1S/C15H14O3S/c16-7-8-18-13-5-6-15-12(10-13)9-11-3-1-2-4-14(11)19(15)17/h1-6,10,16H,7-9H2. The van der Waals surface area contributed by atoms with Crippen LogP contribution in [0, 0.1) is 0 Å². The number of aliphatic hydroxyl groups excluding tert-OH is 1. The first-order valence-corrected chi connectivity index (χ1v) is 7.31. The van der Waals surface area contributed by atoms with E-state index < -0.39 is 10.8 Å². The zero-order valence-electron chi connectivity index (χ0n) is 10.3. The Bertz CT molecular complexity index is 637. The molecule has 1 N–H and O–H groups in total. The van der Waals surface area contributed by atoms with E-state index in [0.29, 0.717) is 5.75 Å². The minimum Gasteiger partial charge on any atom is -0.491 e. The summed E-state index contributed by atoms with van der Waals surface area (Å²) in [5, 5.41) is 8.76. The quantitative estimate of drug-likeness (QED) is 0.796. The number of hydrogen-bond donors (Lipinski definition) is 1. The third-order valence-electron chi connectivity index (χ3n) is 3.14. The topological polar surface area (TPSA) is 46.5 Å². The van der Waals surface area contributed by atoms with E-state index in [4.69, 9.17) is 9.84 Å². The fourth-order valence-corrected chi connectivity index (χ4v) is 3.66.